The molecule has 0 amide bonds. The molecule has 2 unspecified atom stereocenters. The summed E-state index contributed by atoms with van der Waals surface area (Å²) in [6, 6.07) is 12.0. The molecule has 1 aromatic rings. The van der Waals surface area contributed by atoms with Crippen LogP contribution in [0.3, 0.4) is 0 Å². The highest BCUT2D eigenvalue weighted by Gasteiger charge is 2.35. The molecule has 0 aliphatic heterocycles. The summed E-state index contributed by atoms with van der Waals surface area (Å²) in [6.07, 6.45) is 13.7. The van der Waals surface area contributed by atoms with Crippen LogP contribution in [-0.4, -0.2) is 25.1 Å². The van der Waals surface area contributed by atoms with Gasteiger partial charge in [0, 0.05) is 11.5 Å². The Morgan fingerprint density at radius 2 is 1.36 bits per heavy atom. The van der Waals surface area contributed by atoms with Crippen molar-refractivity contribution in [2.45, 2.75) is 91.0 Å². The van der Waals surface area contributed by atoms with Crippen LogP contribution in [0, 0.1) is 5.92 Å². The molecule has 1 aromatic carbocycles. The second kappa shape index (κ2) is 12.5. The SMILES string of the molecule is CCCCCCCCC(CCC)C(c1ccccc1)[N+](C)(C)CCC. The summed E-state index contributed by atoms with van der Waals surface area (Å²) in [5.74, 6) is 0.806. The average Bonchev–Trinajstić information content (AvgIpc) is 2.58. The van der Waals surface area contributed by atoms with Gasteiger partial charge in [-0.15, -0.1) is 0 Å². The van der Waals surface area contributed by atoms with Crippen LogP contribution in [-0.2, 0) is 0 Å². The summed E-state index contributed by atoms with van der Waals surface area (Å²) in [4.78, 5) is 0. The molecule has 0 bridgehead atoms. The maximum Gasteiger partial charge on any atom is 0.117 e. The van der Waals surface area contributed by atoms with Crippen molar-refractivity contribution < 1.29 is 4.48 Å². The molecule has 25 heavy (non-hydrogen) atoms. The van der Waals surface area contributed by atoms with E-state index in [2.05, 4.69) is 65.2 Å². The molecule has 1 nitrogen and oxygen atoms in total. The van der Waals surface area contributed by atoms with Crippen LogP contribution >= 0.6 is 0 Å². The fourth-order valence-electron chi connectivity index (χ4n) is 4.63. The first-order valence-electron chi connectivity index (χ1n) is 10.9. The number of quaternary nitrogens is 1. The Bertz CT molecular complexity index is 423. The fourth-order valence-corrected chi connectivity index (χ4v) is 4.63. The molecule has 0 N–H and O–H groups in total. The van der Waals surface area contributed by atoms with Crippen LogP contribution in [0.1, 0.15) is 96.6 Å². The molecule has 0 saturated carbocycles. The van der Waals surface area contributed by atoms with Gasteiger partial charge in [0.25, 0.3) is 0 Å². The second-order valence-corrected chi connectivity index (χ2v) is 8.46. The molecular formula is C24H44N+. The minimum atomic E-state index is 0.636. The van der Waals surface area contributed by atoms with Crippen LogP contribution < -0.4 is 0 Å². The van der Waals surface area contributed by atoms with E-state index in [9.17, 15) is 0 Å². The Kier molecular flexibility index (Phi) is 11.1. The predicted molar refractivity (Wildman–Crippen MR) is 113 cm³/mol. The summed E-state index contributed by atoms with van der Waals surface area (Å²) in [5, 5.41) is 0. The highest BCUT2D eigenvalue weighted by atomic mass is 15.3. The maximum atomic E-state index is 2.45. The third kappa shape index (κ3) is 7.94. The Morgan fingerprint density at radius 1 is 0.720 bits per heavy atom. The zero-order chi connectivity index (χ0) is 18.5. The Labute approximate surface area is 158 Å². The van der Waals surface area contributed by atoms with E-state index in [1.54, 1.807) is 5.56 Å². The molecule has 0 radical (unpaired) electrons. The Hall–Kier alpha value is -0.820. The summed E-state index contributed by atoms with van der Waals surface area (Å²) >= 11 is 0. The van der Waals surface area contributed by atoms with Crippen molar-refractivity contribution in [2.75, 3.05) is 20.6 Å². The van der Waals surface area contributed by atoms with E-state index in [1.165, 1.54) is 70.8 Å². The third-order valence-corrected chi connectivity index (χ3v) is 5.73. The lowest BCUT2D eigenvalue weighted by molar-refractivity contribution is -0.925. The van der Waals surface area contributed by atoms with Gasteiger partial charge in [0.05, 0.1) is 20.6 Å². The lowest BCUT2D eigenvalue weighted by Crippen LogP contribution is -2.47. The lowest BCUT2D eigenvalue weighted by Gasteiger charge is -2.42. The summed E-state index contributed by atoms with van der Waals surface area (Å²) in [5.41, 5.74) is 1.55. The topological polar surface area (TPSA) is 0 Å². The zero-order valence-corrected chi connectivity index (χ0v) is 17.8. The van der Waals surface area contributed by atoms with E-state index in [0.717, 1.165) is 10.4 Å². The number of hydrogen-bond donors (Lipinski definition) is 0. The van der Waals surface area contributed by atoms with Crippen LogP contribution in [0.15, 0.2) is 30.3 Å². The van der Waals surface area contributed by atoms with Crippen molar-refractivity contribution in [1.82, 2.24) is 0 Å². The average molecular weight is 347 g/mol. The van der Waals surface area contributed by atoms with Gasteiger partial charge in [0.15, 0.2) is 0 Å². The number of rotatable bonds is 14. The van der Waals surface area contributed by atoms with Gasteiger partial charge < -0.3 is 4.48 Å². The van der Waals surface area contributed by atoms with Crippen molar-refractivity contribution >= 4 is 0 Å². The standard InChI is InChI=1S/C24H44N/c1-6-9-10-11-12-14-18-22(17-7-2)24(25(4,5)21-8-3)23-19-15-13-16-20-23/h13,15-16,19-20,22,24H,6-12,14,17-18,21H2,1-5H3/q+1. The van der Waals surface area contributed by atoms with Crippen molar-refractivity contribution in [1.29, 1.82) is 0 Å². The second-order valence-electron chi connectivity index (χ2n) is 8.46. The van der Waals surface area contributed by atoms with Crippen molar-refractivity contribution in [3.63, 3.8) is 0 Å². The van der Waals surface area contributed by atoms with Crippen LogP contribution in [0.2, 0.25) is 0 Å². The molecule has 2 atom stereocenters. The van der Waals surface area contributed by atoms with Gasteiger partial charge in [0.1, 0.15) is 6.04 Å². The van der Waals surface area contributed by atoms with E-state index in [0.29, 0.717) is 6.04 Å². The Balaban J connectivity index is 2.82. The maximum absolute atomic E-state index is 2.45. The quantitative estimate of drug-likeness (QED) is 0.243. The smallest absolute Gasteiger partial charge is 0.117 e. The normalized spacial score (nSPS) is 14.4. The van der Waals surface area contributed by atoms with Gasteiger partial charge in [-0.3, -0.25) is 0 Å². The predicted octanol–water partition coefficient (Wildman–Crippen LogP) is 7.38. The molecule has 0 aliphatic carbocycles. The van der Waals surface area contributed by atoms with Crippen molar-refractivity contribution in [3.05, 3.63) is 35.9 Å². The molecule has 144 valence electrons. The molecule has 0 fully saturated rings. The highest BCUT2D eigenvalue weighted by Crippen LogP contribution is 2.38. The monoisotopic (exact) mass is 346 g/mol. The van der Waals surface area contributed by atoms with E-state index >= 15 is 0 Å². The molecule has 0 saturated heterocycles. The molecular weight excluding hydrogens is 302 g/mol. The first-order valence-corrected chi connectivity index (χ1v) is 10.9. The minimum absolute atomic E-state index is 0.636. The molecule has 0 spiro atoms. The van der Waals surface area contributed by atoms with Crippen LogP contribution in [0.5, 0.6) is 0 Å². The minimum Gasteiger partial charge on any atom is -0.322 e. The van der Waals surface area contributed by atoms with Gasteiger partial charge in [-0.25, -0.2) is 0 Å². The molecule has 0 aliphatic rings. The Morgan fingerprint density at radius 3 is 1.96 bits per heavy atom. The van der Waals surface area contributed by atoms with Gasteiger partial charge in [-0.2, -0.15) is 0 Å². The van der Waals surface area contributed by atoms with Crippen molar-refractivity contribution in [2.24, 2.45) is 5.92 Å². The highest BCUT2D eigenvalue weighted by molar-refractivity contribution is 5.18. The van der Waals surface area contributed by atoms with E-state index in [-0.39, 0.29) is 0 Å². The first kappa shape index (κ1) is 22.2. The van der Waals surface area contributed by atoms with Crippen LogP contribution in [0.25, 0.3) is 0 Å². The van der Waals surface area contributed by atoms with E-state index in [1.807, 2.05) is 0 Å². The van der Waals surface area contributed by atoms with Gasteiger partial charge >= 0.3 is 0 Å². The number of benzene rings is 1. The summed E-state index contributed by atoms with van der Waals surface area (Å²) < 4.78 is 1.13. The molecule has 0 heterocycles. The molecule has 1 heteroatoms. The van der Waals surface area contributed by atoms with Crippen molar-refractivity contribution in [3.8, 4) is 0 Å². The molecule has 1 rings (SSSR count). The number of unbranched alkanes of at least 4 members (excludes halogenated alkanes) is 5. The largest absolute Gasteiger partial charge is 0.322 e. The third-order valence-electron chi connectivity index (χ3n) is 5.73. The van der Waals surface area contributed by atoms with E-state index in [4.69, 9.17) is 0 Å². The number of nitrogens with zero attached hydrogens (tertiary/aromatic N) is 1. The van der Waals surface area contributed by atoms with Gasteiger partial charge in [-0.1, -0.05) is 96.0 Å². The fraction of sp³-hybridized carbons (Fsp3) is 0.750. The summed E-state index contributed by atoms with van der Waals surface area (Å²) in [6.45, 7) is 8.24. The van der Waals surface area contributed by atoms with E-state index < -0.39 is 0 Å². The first-order chi connectivity index (χ1) is 12.1. The zero-order valence-electron chi connectivity index (χ0n) is 17.8. The number of hydrogen-bond acceptors (Lipinski definition) is 0. The molecule has 0 aromatic heterocycles. The summed E-state index contributed by atoms with van der Waals surface area (Å²) in [7, 11) is 4.90. The van der Waals surface area contributed by atoms with Gasteiger partial charge in [-0.05, 0) is 19.3 Å². The van der Waals surface area contributed by atoms with Crippen LogP contribution in [0.4, 0.5) is 0 Å². The van der Waals surface area contributed by atoms with Gasteiger partial charge in [0.2, 0.25) is 0 Å². The lowest BCUT2D eigenvalue weighted by atomic mass is 9.83.